The number of anilines is 1. The Morgan fingerprint density at radius 2 is 2.00 bits per heavy atom. The molecule has 0 saturated heterocycles. The molecule has 1 aromatic heterocycles. The van der Waals surface area contributed by atoms with Crippen LogP contribution in [-0.4, -0.2) is 50.1 Å². The van der Waals surface area contributed by atoms with Crippen LogP contribution in [0.2, 0.25) is 5.02 Å². The minimum atomic E-state index is 0. The molecule has 1 heterocycles. The van der Waals surface area contributed by atoms with Gasteiger partial charge in [-0.1, -0.05) is 35.8 Å². The van der Waals surface area contributed by atoms with E-state index >= 15 is 0 Å². The molecule has 2 aromatic rings. The summed E-state index contributed by atoms with van der Waals surface area (Å²) in [6, 6.07) is 3.63. The Morgan fingerprint density at radius 1 is 1.31 bits per heavy atom. The first-order valence-corrected chi connectivity index (χ1v) is 9.80. The van der Waals surface area contributed by atoms with Gasteiger partial charge >= 0.3 is 0 Å². The molecule has 26 heavy (non-hydrogen) atoms. The summed E-state index contributed by atoms with van der Waals surface area (Å²) < 4.78 is 6.27. The monoisotopic (exact) mass is 417 g/mol. The fourth-order valence-electron chi connectivity index (χ4n) is 3.21. The second-order valence-electron chi connectivity index (χ2n) is 6.70. The van der Waals surface area contributed by atoms with Crippen LogP contribution in [0, 0.1) is 5.92 Å². The summed E-state index contributed by atoms with van der Waals surface area (Å²) in [7, 11) is 5.64. The number of carbonyl (C=O) groups excluding carboxylic acids is 1. The van der Waals surface area contributed by atoms with E-state index in [9.17, 15) is 4.79 Å². The van der Waals surface area contributed by atoms with Gasteiger partial charge in [0.05, 0.1) is 16.8 Å². The molecule has 0 aliphatic heterocycles. The molecule has 0 N–H and O–H groups in total. The zero-order chi connectivity index (χ0) is 18.0. The molecule has 0 atom stereocenters. The van der Waals surface area contributed by atoms with Crippen LogP contribution < -0.4 is 9.64 Å². The number of aromatic nitrogens is 1. The summed E-state index contributed by atoms with van der Waals surface area (Å²) in [5.74, 6) is 0.989. The highest BCUT2D eigenvalue weighted by atomic mass is 35.5. The molecule has 1 aliphatic carbocycles. The van der Waals surface area contributed by atoms with Gasteiger partial charge in [-0.3, -0.25) is 9.69 Å². The molecule has 1 aromatic carbocycles. The molecule has 1 fully saturated rings. The van der Waals surface area contributed by atoms with Crippen molar-refractivity contribution in [2.24, 2.45) is 5.92 Å². The summed E-state index contributed by atoms with van der Waals surface area (Å²) in [5.41, 5.74) is 0.726. The summed E-state index contributed by atoms with van der Waals surface area (Å²) in [6.45, 7) is 1.42. The van der Waals surface area contributed by atoms with Crippen LogP contribution in [0.15, 0.2) is 12.1 Å². The first kappa shape index (κ1) is 21.2. The lowest BCUT2D eigenvalue weighted by atomic mass is 10.1. The maximum Gasteiger partial charge on any atom is 0.231 e. The summed E-state index contributed by atoms with van der Waals surface area (Å²) in [6.07, 6.45) is 4.23. The van der Waals surface area contributed by atoms with Gasteiger partial charge in [0.1, 0.15) is 11.3 Å². The largest absolute Gasteiger partial charge is 0.494 e. The van der Waals surface area contributed by atoms with Gasteiger partial charge in [0, 0.05) is 19.0 Å². The van der Waals surface area contributed by atoms with Crippen molar-refractivity contribution in [3.63, 3.8) is 0 Å². The van der Waals surface area contributed by atoms with E-state index in [0.29, 0.717) is 22.4 Å². The highest BCUT2D eigenvalue weighted by Gasteiger charge is 2.30. The molecule has 0 bridgehead atoms. The molecule has 144 valence electrons. The van der Waals surface area contributed by atoms with Crippen LogP contribution in [0.25, 0.3) is 10.2 Å². The number of benzene rings is 1. The second-order valence-corrected chi connectivity index (χ2v) is 8.08. The average Bonchev–Trinajstić information content (AvgIpc) is 3.25. The first-order chi connectivity index (χ1) is 12.0. The molecule has 1 amide bonds. The quantitative estimate of drug-likeness (QED) is 0.695. The second kappa shape index (κ2) is 9.22. The Kier molecular flexibility index (Phi) is 7.52. The Balaban J connectivity index is 0.00000243. The number of hydrogen-bond donors (Lipinski definition) is 0. The van der Waals surface area contributed by atoms with Gasteiger partial charge in [0.15, 0.2) is 5.13 Å². The van der Waals surface area contributed by atoms with Gasteiger partial charge in [-0.15, -0.1) is 12.4 Å². The van der Waals surface area contributed by atoms with Gasteiger partial charge in [-0.2, -0.15) is 0 Å². The maximum atomic E-state index is 13.1. The molecular formula is C18H25Cl2N3O2S. The number of ether oxygens (including phenoxy) is 1. The van der Waals surface area contributed by atoms with Crippen LogP contribution >= 0.6 is 35.3 Å². The molecule has 5 nitrogen and oxygen atoms in total. The number of nitrogens with zero attached hydrogens (tertiary/aromatic N) is 3. The average molecular weight is 418 g/mol. The van der Waals surface area contributed by atoms with Crippen molar-refractivity contribution >= 4 is 56.6 Å². The summed E-state index contributed by atoms with van der Waals surface area (Å²) >= 11 is 7.81. The minimum Gasteiger partial charge on any atom is -0.494 e. The van der Waals surface area contributed by atoms with E-state index in [-0.39, 0.29) is 24.2 Å². The molecule has 0 radical (unpaired) electrons. The van der Waals surface area contributed by atoms with Crippen molar-refractivity contribution < 1.29 is 9.53 Å². The van der Waals surface area contributed by atoms with Crippen molar-refractivity contribution in [1.82, 2.24) is 9.88 Å². The number of fused-ring (bicyclic) bond motifs is 1. The van der Waals surface area contributed by atoms with Crippen molar-refractivity contribution in [2.75, 3.05) is 39.2 Å². The molecule has 3 rings (SSSR count). The zero-order valence-electron chi connectivity index (χ0n) is 15.3. The fourth-order valence-corrected chi connectivity index (χ4v) is 4.50. The number of thiazole rings is 1. The molecule has 1 saturated carbocycles. The molecular weight excluding hydrogens is 393 g/mol. The third-order valence-electron chi connectivity index (χ3n) is 4.64. The summed E-state index contributed by atoms with van der Waals surface area (Å²) in [5, 5.41) is 1.35. The minimum absolute atomic E-state index is 0. The van der Waals surface area contributed by atoms with Crippen LogP contribution in [0.3, 0.4) is 0 Å². The van der Waals surface area contributed by atoms with Gasteiger partial charge in [0.2, 0.25) is 5.91 Å². The number of methoxy groups -OCH3 is 1. The molecule has 0 unspecified atom stereocenters. The van der Waals surface area contributed by atoms with E-state index in [0.717, 1.165) is 42.4 Å². The van der Waals surface area contributed by atoms with Crippen LogP contribution in [0.5, 0.6) is 5.75 Å². The SMILES string of the molecule is COc1ccc(Cl)c2sc(N(CCN(C)C)C(=O)C3CCCC3)nc12.Cl. The van der Waals surface area contributed by atoms with Crippen LogP contribution in [0.4, 0.5) is 5.13 Å². The third kappa shape index (κ3) is 4.42. The van der Waals surface area contributed by atoms with Gasteiger partial charge in [-0.25, -0.2) is 4.98 Å². The normalized spacial score (nSPS) is 14.7. The fraction of sp³-hybridized carbons (Fsp3) is 0.556. The molecule has 8 heteroatoms. The maximum absolute atomic E-state index is 13.1. The number of rotatable bonds is 6. The lowest BCUT2D eigenvalue weighted by Gasteiger charge is -2.24. The number of carbonyl (C=O) groups is 1. The van der Waals surface area contributed by atoms with Gasteiger partial charge < -0.3 is 9.64 Å². The predicted molar refractivity (Wildman–Crippen MR) is 111 cm³/mol. The van der Waals surface area contributed by atoms with E-state index in [1.54, 1.807) is 7.11 Å². The van der Waals surface area contributed by atoms with E-state index in [1.807, 2.05) is 31.1 Å². The zero-order valence-corrected chi connectivity index (χ0v) is 17.7. The van der Waals surface area contributed by atoms with Gasteiger partial charge in [-0.05, 0) is 39.1 Å². The Labute approximate surface area is 169 Å². The van der Waals surface area contributed by atoms with Crippen molar-refractivity contribution in [3.05, 3.63) is 17.2 Å². The van der Waals surface area contributed by atoms with E-state index in [2.05, 4.69) is 4.90 Å². The van der Waals surface area contributed by atoms with E-state index < -0.39 is 0 Å². The standard InChI is InChI=1S/C18H24ClN3O2S.ClH/c1-21(2)10-11-22(17(23)12-6-4-5-7-12)18-20-15-14(24-3)9-8-13(19)16(15)25-18;/h8-9,12H,4-7,10-11H2,1-3H3;1H. The van der Waals surface area contributed by atoms with Gasteiger partial charge in [0.25, 0.3) is 0 Å². The van der Waals surface area contributed by atoms with Crippen LogP contribution in [0.1, 0.15) is 25.7 Å². The van der Waals surface area contributed by atoms with Crippen molar-refractivity contribution in [1.29, 1.82) is 0 Å². The Bertz CT molecular complexity index is 760. The van der Waals surface area contributed by atoms with E-state index in [1.165, 1.54) is 11.3 Å². The highest BCUT2D eigenvalue weighted by molar-refractivity contribution is 7.23. The predicted octanol–water partition coefficient (Wildman–Crippen LogP) is 4.46. The van der Waals surface area contributed by atoms with Crippen molar-refractivity contribution in [3.8, 4) is 5.75 Å². The number of halogens is 2. The molecule has 1 aliphatic rings. The Morgan fingerprint density at radius 3 is 2.62 bits per heavy atom. The third-order valence-corrected chi connectivity index (χ3v) is 6.18. The van der Waals surface area contributed by atoms with Crippen molar-refractivity contribution in [2.45, 2.75) is 25.7 Å². The topological polar surface area (TPSA) is 45.7 Å². The summed E-state index contributed by atoms with van der Waals surface area (Å²) in [4.78, 5) is 21.7. The smallest absolute Gasteiger partial charge is 0.231 e. The van der Waals surface area contributed by atoms with E-state index in [4.69, 9.17) is 21.3 Å². The number of amides is 1. The highest BCUT2D eigenvalue weighted by Crippen LogP contribution is 2.39. The lowest BCUT2D eigenvalue weighted by Crippen LogP contribution is -2.39. The number of likely N-dealkylation sites (N-methyl/N-ethyl adjacent to an activating group) is 1. The lowest BCUT2D eigenvalue weighted by molar-refractivity contribution is -0.122. The number of hydrogen-bond acceptors (Lipinski definition) is 5. The first-order valence-electron chi connectivity index (χ1n) is 8.60. The van der Waals surface area contributed by atoms with Crippen LogP contribution in [-0.2, 0) is 4.79 Å². The Hall–Kier alpha value is -1.08. The molecule has 0 spiro atoms.